The number of anilines is 1. The molecule has 3 rings (SSSR count). The fourth-order valence-corrected chi connectivity index (χ4v) is 4.87. The third kappa shape index (κ3) is 5.32. The number of carbonyl (C=O) groups excluding carboxylic acids is 2. The van der Waals surface area contributed by atoms with E-state index in [0.717, 1.165) is 0 Å². The molecule has 11 heteroatoms. The van der Waals surface area contributed by atoms with E-state index in [1.165, 1.54) is 49.2 Å². The van der Waals surface area contributed by atoms with Crippen molar-refractivity contribution in [1.29, 1.82) is 0 Å². The van der Waals surface area contributed by atoms with Crippen molar-refractivity contribution in [2.45, 2.75) is 9.79 Å². The standard InChI is InChI=1S/C20H21ClN2O6S2/c1-28-20(25)15-11-13(3-5-17(15)21)22-31(26,27)14-4-6-18(30-2)16(12-14)19(24)23-7-9-29-10-8-23/h3-6,11-12,22H,7-10H2,1-2H3. The number of hydrogen-bond acceptors (Lipinski definition) is 7. The summed E-state index contributed by atoms with van der Waals surface area (Å²) in [6.45, 7) is 1.78. The maximum Gasteiger partial charge on any atom is 0.339 e. The Hall–Kier alpha value is -2.27. The van der Waals surface area contributed by atoms with Gasteiger partial charge >= 0.3 is 5.97 Å². The van der Waals surface area contributed by atoms with Crippen molar-refractivity contribution in [2.75, 3.05) is 44.4 Å². The molecule has 0 aliphatic carbocycles. The van der Waals surface area contributed by atoms with Crippen molar-refractivity contribution >= 4 is 50.9 Å². The van der Waals surface area contributed by atoms with Gasteiger partial charge in [0.05, 0.1) is 41.4 Å². The zero-order chi connectivity index (χ0) is 22.6. The van der Waals surface area contributed by atoms with Gasteiger partial charge in [0.15, 0.2) is 0 Å². The van der Waals surface area contributed by atoms with E-state index in [9.17, 15) is 18.0 Å². The molecule has 31 heavy (non-hydrogen) atoms. The summed E-state index contributed by atoms with van der Waals surface area (Å²) >= 11 is 7.35. The summed E-state index contributed by atoms with van der Waals surface area (Å²) in [4.78, 5) is 27.1. The topological polar surface area (TPSA) is 102 Å². The highest BCUT2D eigenvalue weighted by atomic mass is 35.5. The van der Waals surface area contributed by atoms with E-state index in [4.69, 9.17) is 16.3 Å². The number of nitrogens with zero attached hydrogens (tertiary/aromatic N) is 1. The van der Waals surface area contributed by atoms with Crippen LogP contribution in [0.3, 0.4) is 0 Å². The highest BCUT2D eigenvalue weighted by Crippen LogP contribution is 2.28. The highest BCUT2D eigenvalue weighted by Gasteiger charge is 2.24. The number of benzene rings is 2. The average Bonchev–Trinajstić information content (AvgIpc) is 2.79. The van der Waals surface area contributed by atoms with E-state index in [1.54, 1.807) is 11.0 Å². The summed E-state index contributed by atoms with van der Waals surface area (Å²) in [5.74, 6) is -0.932. The van der Waals surface area contributed by atoms with Crippen LogP contribution in [-0.4, -0.2) is 64.9 Å². The molecule has 1 saturated heterocycles. The largest absolute Gasteiger partial charge is 0.465 e. The molecular formula is C20H21ClN2O6S2. The van der Waals surface area contributed by atoms with Gasteiger partial charge in [-0.3, -0.25) is 9.52 Å². The highest BCUT2D eigenvalue weighted by molar-refractivity contribution is 7.98. The number of hydrogen-bond donors (Lipinski definition) is 1. The van der Waals surface area contributed by atoms with Crippen molar-refractivity contribution in [3.8, 4) is 0 Å². The van der Waals surface area contributed by atoms with Crippen LogP contribution in [0.2, 0.25) is 5.02 Å². The first kappa shape index (κ1) is 23.4. The number of sulfonamides is 1. The summed E-state index contributed by atoms with van der Waals surface area (Å²) in [7, 11) is -2.83. The number of halogens is 1. The molecule has 0 atom stereocenters. The van der Waals surface area contributed by atoms with Gasteiger partial charge in [0.25, 0.3) is 15.9 Å². The van der Waals surface area contributed by atoms with E-state index in [2.05, 4.69) is 9.46 Å². The first-order chi connectivity index (χ1) is 14.8. The molecule has 1 amide bonds. The third-order valence-electron chi connectivity index (χ3n) is 4.63. The maximum atomic E-state index is 13.0. The third-order valence-corrected chi connectivity index (χ3v) is 7.14. The number of methoxy groups -OCH3 is 1. The second-order valence-corrected chi connectivity index (χ2v) is 9.50. The van der Waals surface area contributed by atoms with Crippen LogP contribution in [-0.2, 0) is 19.5 Å². The number of nitrogens with one attached hydrogen (secondary N) is 1. The lowest BCUT2D eigenvalue weighted by molar-refractivity contribution is 0.0300. The van der Waals surface area contributed by atoms with Crippen LogP contribution < -0.4 is 4.72 Å². The van der Waals surface area contributed by atoms with Gasteiger partial charge in [-0.2, -0.15) is 0 Å². The van der Waals surface area contributed by atoms with Gasteiger partial charge in [0.2, 0.25) is 0 Å². The molecule has 1 N–H and O–H groups in total. The molecular weight excluding hydrogens is 464 g/mol. The number of amides is 1. The van der Waals surface area contributed by atoms with Gasteiger partial charge < -0.3 is 14.4 Å². The van der Waals surface area contributed by atoms with Crippen LogP contribution in [0.15, 0.2) is 46.2 Å². The number of ether oxygens (including phenoxy) is 2. The van der Waals surface area contributed by atoms with Gasteiger partial charge in [-0.1, -0.05) is 11.6 Å². The Kier molecular flexibility index (Phi) is 7.47. The number of morpholine rings is 1. The molecule has 1 fully saturated rings. The number of rotatable bonds is 6. The Morgan fingerprint density at radius 1 is 1.13 bits per heavy atom. The molecule has 2 aromatic rings. The van der Waals surface area contributed by atoms with Gasteiger partial charge in [-0.25, -0.2) is 13.2 Å². The molecule has 1 aliphatic heterocycles. The van der Waals surface area contributed by atoms with Crippen molar-refractivity contribution in [3.63, 3.8) is 0 Å². The second kappa shape index (κ2) is 9.90. The zero-order valence-electron chi connectivity index (χ0n) is 16.9. The summed E-state index contributed by atoms with van der Waals surface area (Å²) in [6.07, 6.45) is 1.82. The van der Waals surface area contributed by atoms with E-state index >= 15 is 0 Å². The van der Waals surface area contributed by atoms with Crippen LogP contribution in [0.25, 0.3) is 0 Å². The average molecular weight is 485 g/mol. The quantitative estimate of drug-likeness (QED) is 0.496. The van der Waals surface area contributed by atoms with Gasteiger partial charge in [-0.15, -0.1) is 11.8 Å². The molecule has 166 valence electrons. The summed E-state index contributed by atoms with van der Waals surface area (Å²) in [5, 5.41) is 0.137. The summed E-state index contributed by atoms with van der Waals surface area (Å²) in [5.41, 5.74) is 0.480. The van der Waals surface area contributed by atoms with Gasteiger partial charge in [0.1, 0.15) is 0 Å². The van der Waals surface area contributed by atoms with Crippen molar-refractivity contribution in [1.82, 2.24) is 4.90 Å². The lowest BCUT2D eigenvalue weighted by Crippen LogP contribution is -2.40. The Morgan fingerprint density at radius 3 is 2.48 bits per heavy atom. The van der Waals surface area contributed by atoms with E-state index in [1.807, 2.05) is 6.26 Å². The van der Waals surface area contributed by atoms with E-state index in [0.29, 0.717) is 36.8 Å². The predicted molar refractivity (Wildman–Crippen MR) is 119 cm³/mol. The smallest absolute Gasteiger partial charge is 0.339 e. The lowest BCUT2D eigenvalue weighted by atomic mass is 10.2. The number of esters is 1. The van der Waals surface area contributed by atoms with Gasteiger partial charge in [-0.05, 0) is 42.7 Å². The maximum absolute atomic E-state index is 13.0. The molecule has 0 bridgehead atoms. The first-order valence-corrected chi connectivity index (χ1v) is 12.3. The van der Waals surface area contributed by atoms with Crippen LogP contribution >= 0.6 is 23.4 Å². The minimum atomic E-state index is -4.04. The molecule has 0 saturated carbocycles. The summed E-state index contributed by atoms with van der Waals surface area (Å²) in [6, 6.07) is 8.53. The van der Waals surface area contributed by atoms with Crippen LogP contribution in [0.4, 0.5) is 5.69 Å². The normalized spacial score (nSPS) is 14.2. The first-order valence-electron chi connectivity index (χ1n) is 9.22. The molecule has 1 aliphatic rings. The summed E-state index contributed by atoms with van der Waals surface area (Å²) < 4.78 is 38.3. The SMILES string of the molecule is COC(=O)c1cc(NS(=O)(=O)c2ccc(SC)c(C(=O)N3CCOCC3)c2)ccc1Cl. The van der Waals surface area contributed by atoms with Crippen LogP contribution in [0, 0.1) is 0 Å². The Morgan fingerprint density at radius 2 is 1.84 bits per heavy atom. The Labute approximate surface area is 189 Å². The molecule has 0 radical (unpaired) electrons. The minimum Gasteiger partial charge on any atom is -0.465 e. The van der Waals surface area contributed by atoms with Crippen LogP contribution in [0.5, 0.6) is 0 Å². The molecule has 0 spiro atoms. The van der Waals surface area contributed by atoms with Crippen molar-refractivity contribution < 1.29 is 27.5 Å². The molecule has 8 nitrogen and oxygen atoms in total. The monoisotopic (exact) mass is 484 g/mol. The van der Waals surface area contributed by atoms with Crippen molar-refractivity contribution in [2.24, 2.45) is 0 Å². The number of carbonyl (C=O) groups is 2. The fourth-order valence-electron chi connectivity index (χ4n) is 3.03. The Balaban J connectivity index is 1.93. The zero-order valence-corrected chi connectivity index (χ0v) is 19.3. The number of thioether (sulfide) groups is 1. The van der Waals surface area contributed by atoms with Crippen LogP contribution in [0.1, 0.15) is 20.7 Å². The minimum absolute atomic E-state index is 0.0327. The van der Waals surface area contributed by atoms with E-state index in [-0.39, 0.29) is 27.1 Å². The Bertz CT molecular complexity index is 1100. The lowest BCUT2D eigenvalue weighted by Gasteiger charge is -2.27. The fraction of sp³-hybridized carbons (Fsp3) is 0.300. The molecule has 1 heterocycles. The van der Waals surface area contributed by atoms with Gasteiger partial charge in [0, 0.05) is 23.7 Å². The van der Waals surface area contributed by atoms with Crippen molar-refractivity contribution in [3.05, 3.63) is 52.5 Å². The predicted octanol–water partition coefficient (Wildman–Crippen LogP) is 3.12. The second-order valence-electron chi connectivity index (χ2n) is 6.56. The molecule has 0 unspecified atom stereocenters. The van der Waals surface area contributed by atoms with E-state index < -0.39 is 16.0 Å². The molecule has 0 aromatic heterocycles. The molecule has 2 aromatic carbocycles.